The van der Waals surface area contributed by atoms with Gasteiger partial charge in [-0.05, 0) is 30.3 Å². The van der Waals surface area contributed by atoms with Gasteiger partial charge in [0.15, 0.2) is 0 Å². The predicted octanol–water partition coefficient (Wildman–Crippen LogP) is 3.59. The van der Waals surface area contributed by atoms with Gasteiger partial charge >= 0.3 is 0 Å². The molecule has 21 heavy (non-hydrogen) atoms. The van der Waals surface area contributed by atoms with E-state index in [1.165, 1.54) is 0 Å². The standard InChI is InChI=1S/C17H17N3O/c1-20(12-7-9-13(21-2)10-8-12)17-14-5-3-4-6-16(14)19-11-15(17)18/h3-11H,18H2,1-2H3. The lowest BCUT2D eigenvalue weighted by atomic mass is 10.1. The van der Waals surface area contributed by atoms with Crippen LogP contribution in [0.1, 0.15) is 0 Å². The molecule has 0 saturated heterocycles. The van der Waals surface area contributed by atoms with Gasteiger partial charge in [-0.3, -0.25) is 4.98 Å². The quantitative estimate of drug-likeness (QED) is 0.796. The Morgan fingerprint density at radius 1 is 1.05 bits per heavy atom. The summed E-state index contributed by atoms with van der Waals surface area (Å²) in [5.74, 6) is 0.833. The van der Waals surface area contributed by atoms with Crippen LogP contribution < -0.4 is 15.4 Å². The summed E-state index contributed by atoms with van der Waals surface area (Å²) in [6.45, 7) is 0. The number of nitrogens with two attached hydrogens (primary N) is 1. The van der Waals surface area contributed by atoms with E-state index in [0.717, 1.165) is 28.0 Å². The van der Waals surface area contributed by atoms with Gasteiger partial charge in [0.25, 0.3) is 0 Å². The molecule has 0 saturated carbocycles. The molecule has 106 valence electrons. The normalized spacial score (nSPS) is 10.6. The molecule has 3 aromatic rings. The van der Waals surface area contributed by atoms with Gasteiger partial charge in [-0.1, -0.05) is 18.2 Å². The van der Waals surface area contributed by atoms with Crippen molar-refractivity contribution in [3.05, 3.63) is 54.7 Å². The zero-order chi connectivity index (χ0) is 14.8. The van der Waals surface area contributed by atoms with Crippen LogP contribution in [-0.2, 0) is 0 Å². The minimum Gasteiger partial charge on any atom is -0.497 e. The molecule has 0 aliphatic heterocycles. The van der Waals surface area contributed by atoms with Gasteiger partial charge in [-0.25, -0.2) is 0 Å². The number of hydrogen-bond donors (Lipinski definition) is 1. The van der Waals surface area contributed by atoms with Gasteiger partial charge in [-0.2, -0.15) is 0 Å². The molecule has 0 aliphatic carbocycles. The molecule has 0 amide bonds. The monoisotopic (exact) mass is 279 g/mol. The molecule has 0 radical (unpaired) electrons. The van der Waals surface area contributed by atoms with Crippen LogP contribution in [0.5, 0.6) is 5.75 Å². The smallest absolute Gasteiger partial charge is 0.119 e. The van der Waals surface area contributed by atoms with E-state index in [1.54, 1.807) is 13.3 Å². The Hall–Kier alpha value is -2.75. The third-order valence-corrected chi connectivity index (χ3v) is 3.57. The van der Waals surface area contributed by atoms with E-state index in [9.17, 15) is 0 Å². The van der Waals surface area contributed by atoms with E-state index in [4.69, 9.17) is 10.5 Å². The largest absolute Gasteiger partial charge is 0.497 e. The van der Waals surface area contributed by atoms with Gasteiger partial charge in [0.1, 0.15) is 5.75 Å². The van der Waals surface area contributed by atoms with Crippen LogP contribution >= 0.6 is 0 Å². The summed E-state index contributed by atoms with van der Waals surface area (Å²) in [6.07, 6.45) is 1.71. The maximum Gasteiger partial charge on any atom is 0.119 e. The second-order valence-electron chi connectivity index (χ2n) is 4.84. The van der Waals surface area contributed by atoms with Gasteiger partial charge in [-0.15, -0.1) is 0 Å². The highest BCUT2D eigenvalue weighted by Crippen LogP contribution is 2.35. The summed E-state index contributed by atoms with van der Waals surface area (Å²) < 4.78 is 5.20. The number of rotatable bonds is 3. The van der Waals surface area contributed by atoms with E-state index >= 15 is 0 Å². The zero-order valence-electron chi connectivity index (χ0n) is 12.1. The number of benzene rings is 2. The Labute approximate surface area is 123 Å². The van der Waals surface area contributed by atoms with E-state index < -0.39 is 0 Å². The number of hydrogen-bond acceptors (Lipinski definition) is 4. The predicted molar refractivity (Wildman–Crippen MR) is 87.2 cm³/mol. The summed E-state index contributed by atoms with van der Waals surface area (Å²) in [6, 6.07) is 15.9. The number of nitrogens with zero attached hydrogens (tertiary/aromatic N) is 2. The third kappa shape index (κ3) is 2.36. The van der Waals surface area contributed by atoms with Crippen molar-refractivity contribution in [3.8, 4) is 5.75 Å². The number of pyridine rings is 1. The van der Waals surface area contributed by atoms with Crippen molar-refractivity contribution in [2.75, 3.05) is 24.8 Å². The molecule has 4 nitrogen and oxygen atoms in total. The fourth-order valence-corrected chi connectivity index (χ4v) is 2.45. The highest BCUT2D eigenvalue weighted by atomic mass is 16.5. The van der Waals surface area contributed by atoms with Crippen LogP contribution in [0.25, 0.3) is 10.9 Å². The zero-order valence-corrected chi connectivity index (χ0v) is 12.1. The van der Waals surface area contributed by atoms with E-state index in [0.29, 0.717) is 5.69 Å². The molecule has 0 unspecified atom stereocenters. The van der Waals surface area contributed by atoms with Gasteiger partial charge in [0.05, 0.1) is 30.2 Å². The van der Waals surface area contributed by atoms with Crippen LogP contribution in [0.3, 0.4) is 0 Å². The van der Waals surface area contributed by atoms with E-state index in [2.05, 4.69) is 9.88 Å². The number of fused-ring (bicyclic) bond motifs is 1. The van der Waals surface area contributed by atoms with Crippen molar-refractivity contribution < 1.29 is 4.74 Å². The average Bonchev–Trinajstić information content (AvgIpc) is 2.54. The lowest BCUT2D eigenvalue weighted by molar-refractivity contribution is 0.415. The minimum absolute atomic E-state index is 0.659. The lowest BCUT2D eigenvalue weighted by Gasteiger charge is -2.23. The van der Waals surface area contributed by atoms with E-state index in [1.807, 2.05) is 55.6 Å². The molecule has 0 bridgehead atoms. The van der Waals surface area contributed by atoms with Crippen molar-refractivity contribution in [1.82, 2.24) is 4.98 Å². The fourth-order valence-electron chi connectivity index (χ4n) is 2.45. The first kappa shape index (κ1) is 13.2. The number of aromatic nitrogens is 1. The van der Waals surface area contributed by atoms with Gasteiger partial charge in [0, 0.05) is 18.1 Å². The number of nitrogen functional groups attached to an aromatic ring is 1. The molecular formula is C17H17N3O. The Morgan fingerprint density at radius 3 is 2.48 bits per heavy atom. The highest BCUT2D eigenvalue weighted by Gasteiger charge is 2.12. The van der Waals surface area contributed by atoms with Gasteiger partial charge in [0.2, 0.25) is 0 Å². The molecule has 0 aliphatic rings. The van der Waals surface area contributed by atoms with Crippen molar-refractivity contribution in [3.63, 3.8) is 0 Å². The number of methoxy groups -OCH3 is 1. The SMILES string of the molecule is COc1ccc(N(C)c2c(N)cnc3ccccc23)cc1. The molecule has 3 rings (SSSR count). The van der Waals surface area contributed by atoms with Crippen LogP contribution in [-0.4, -0.2) is 19.1 Å². The Morgan fingerprint density at radius 2 is 1.76 bits per heavy atom. The van der Waals surface area contributed by atoms with Gasteiger partial charge < -0.3 is 15.4 Å². The summed E-state index contributed by atoms with van der Waals surface area (Å²) >= 11 is 0. The Kier molecular flexibility index (Phi) is 3.36. The first-order valence-corrected chi connectivity index (χ1v) is 6.71. The van der Waals surface area contributed by atoms with Crippen molar-refractivity contribution >= 4 is 28.0 Å². The number of para-hydroxylation sites is 1. The van der Waals surface area contributed by atoms with Crippen molar-refractivity contribution in [2.45, 2.75) is 0 Å². The second kappa shape index (κ2) is 5.32. The molecule has 1 heterocycles. The highest BCUT2D eigenvalue weighted by molar-refractivity contribution is 5.99. The third-order valence-electron chi connectivity index (χ3n) is 3.57. The van der Waals surface area contributed by atoms with Crippen LogP contribution in [0.15, 0.2) is 54.7 Å². The first-order chi connectivity index (χ1) is 10.2. The van der Waals surface area contributed by atoms with Crippen LogP contribution in [0.4, 0.5) is 17.1 Å². The molecule has 0 fully saturated rings. The second-order valence-corrected chi connectivity index (χ2v) is 4.84. The minimum atomic E-state index is 0.659. The molecule has 2 N–H and O–H groups in total. The molecule has 1 aromatic heterocycles. The van der Waals surface area contributed by atoms with Crippen LogP contribution in [0, 0.1) is 0 Å². The molecule has 4 heteroatoms. The topological polar surface area (TPSA) is 51.4 Å². The summed E-state index contributed by atoms with van der Waals surface area (Å²) in [4.78, 5) is 6.44. The first-order valence-electron chi connectivity index (χ1n) is 6.71. The lowest BCUT2D eigenvalue weighted by Crippen LogP contribution is -2.12. The maximum absolute atomic E-state index is 6.15. The van der Waals surface area contributed by atoms with Crippen molar-refractivity contribution in [2.24, 2.45) is 0 Å². The summed E-state index contributed by atoms with van der Waals surface area (Å²) in [5, 5.41) is 1.04. The fraction of sp³-hybridized carbons (Fsp3) is 0.118. The molecular weight excluding hydrogens is 262 g/mol. The number of ether oxygens (including phenoxy) is 1. The number of anilines is 3. The Bertz CT molecular complexity index is 769. The molecule has 0 spiro atoms. The summed E-state index contributed by atoms with van der Waals surface area (Å²) in [5.41, 5.74) is 9.75. The Balaban J connectivity index is 2.12. The average molecular weight is 279 g/mol. The molecule has 0 atom stereocenters. The molecule has 2 aromatic carbocycles. The van der Waals surface area contributed by atoms with E-state index in [-0.39, 0.29) is 0 Å². The van der Waals surface area contributed by atoms with Crippen LogP contribution in [0.2, 0.25) is 0 Å². The maximum atomic E-state index is 6.15. The summed E-state index contributed by atoms with van der Waals surface area (Å²) in [7, 11) is 3.66. The van der Waals surface area contributed by atoms with Crippen molar-refractivity contribution in [1.29, 1.82) is 0 Å².